The number of rotatable bonds is 10. The molecule has 0 saturated heterocycles. The van der Waals surface area contributed by atoms with Crippen molar-refractivity contribution in [1.82, 2.24) is 0 Å². The topological polar surface area (TPSA) is 36.9 Å². The first kappa shape index (κ1) is 25.1. The average Bonchev–Trinajstić information content (AvgIpc) is 2.67. The molecular weight excluding hydrogens is 380 g/mol. The maximum atomic E-state index is 6.57. The molecule has 0 N–H and O–H groups in total. The fraction of sp³-hybridized carbons (Fsp3) is 0.542. The lowest BCUT2D eigenvalue weighted by Gasteiger charge is -2.39. The number of ether oxygens (including phenoxy) is 3. The molecule has 1 rings (SSSR count). The Morgan fingerprint density at radius 1 is 1.14 bits per heavy atom. The van der Waals surface area contributed by atoms with Gasteiger partial charge in [0.25, 0.3) is 0 Å². The van der Waals surface area contributed by atoms with Crippen molar-refractivity contribution in [2.45, 2.75) is 65.0 Å². The summed E-state index contributed by atoms with van der Waals surface area (Å²) in [6.45, 7) is 18.0. The van der Waals surface area contributed by atoms with Gasteiger partial charge in [0.05, 0.1) is 13.7 Å². The third-order valence-corrected chi connectivity index (χ3v) is 9.49. The highest BCUT2D eigenvalue weighted by atomic mass is 28.4. The van der Waals surface area contributed by atoms with E-state index in [9.17, 15) is 0 Å². The second-order valence-electron chi connectivity index (χ2n) is 8.27. The molecule has 29 heavy (non-hydrogen) atoms. The van der Waals surface area contributed by atoms with Crippen LogP contribution in [0.5, 0.6) is 5.75 Å². The van der Waals surface area contributed by atoms with Gasteiger partial charge < -0.3 is 18.6 Å². The Morgan fingerprint density at radius 2 is 1.79 bits per heavy atom. The summed E-state index contributed by atoms with van der Waals surface area (Å²) in [5.74, 6) is 7.38. The van der Waals surface area contributed by atoms with Gasteiger partial charge in [-0.25, -0.2) is 0 Å². The molecule has 1 atom stereocenters. The summed E-state index contributed by atoms with van der Waals surface area (Å²) >= 11 is 0. The molecule has 0 aliphatic carbocycles. The number of benzene rings is 1. The molecule has 1 unspecified atom stereocenters. The summed E-state index contributed by atoms with van der Waals surface area (Å²) in [5.41, 5.74) is 3.95. The van der Waals surface area contributed by atoms with E-state index in [2.05, 4.69) is 58.0 Å². The van der Waals surface area contributed by atoms with Gasteiger partial charge >= 0.3 is 0 Å². The molecule has 1 aromatic rings. The maximum Gasteiger partial charge on any atom is 0.193 e. The number of hydrogen-bond acceptors (Lipinski definition) is 4. The summed E-state index contributed by atoms with van der Waals surface area (Å²) in [5, 5.41) is 0.0650. The van der Waals surface area contributed by atoms with Crippen molar-refractivity contribution < 1.29 is 18.6 Å². The van der Waals surface area contributed by atoms with Crippen molar-refractivity contribution in [3.8, 4) is 17.6 Å². The predicted molar refractivity (Wildman–Crippen MR) is 121 cm³/mol. The normalized spacial score (nSPS) is 12.4. The van der Waals surface area contributed by atoms with Crippen LogP contribution in [0, 0.1) is 11.8 Å². The molecule has 0 saturated carbocycles. The van der Waals surface area contributed by atoms with Crippen LogP contribution in [0.15, 0.2) is 42.3 Å². The number of hydrogen-bond donors (Lipinski definition) is 0. The van der Waals surface area contributed by atoms with Crippen LogP contribution in [0.25, 0.3) is 0 Å². The van der Waals surface area contributed by atoms with Gasteiger partial charge in [-0.2, -0.15) is 0 Å². The van der Waals surface area contributed by atoms with Crippen LogP contribution in [-0.4, -0.2) is 34.7 Å². The zero-order valence-corrected chi connectivity index (χ0v) is 20.1. The fourth-order valence-corrected chi connectivity index (χ4v) is 3.47. The van der Waals surface area contributed by atoms with Crippen LogP contribution in [0.3, 0.4) is 0 Å². The van der Waals surface area contributed by atoms with Crippen LogP contribution in [0.4, 0.5) is 0 Å². The largest absolute Gasteiger partial charge is 0.497 e. The van der Waals surface area contributed by atoms with Crippen molar-refractivity contribution in [2.24, 2.45) is 0 Å². The molecule has 0 aliphatic heterocycles. The van der Waals surface area contributed by atoms with E-state index in [0.29, 0.717) is 25.6 Å². The van der Waals surface area contributed by atoms with Crippen molar-refractivity contribution in [1.29, 1.82) is 0 Å². The summed E-state index contributed by atoms with van der Waals surface area (Å²) in [4.78, 5) is 0. The zero-order chi connectivity index (χ0) is 21.9. The van der Waals surface area contributed by atoms with E-state index in [1.54, 1.807) is 7.11 Å². The first-order valence-electron chi connectivity index (χ1n) is 10.0. The highest BCUT2D eigenvalue weighted by molar-refractivity contribution is 6.74. The molecule has 0 fully saturated rings. The van der Waals surface area contributed by atoms with Crippen LogP contribution < -0.4 is 4.74 Å². The standard InChI is InChI=1S/C24H36O4Si/c1-9-11-12-17-26-19-23(28-29(7,8)24(3,4)5)22(10-2)27-18-20-13-15-21(25-6)16-14-20/h13-16,23H,2,9,17-19H2,1,3-8H3. The first-order valence-corrected chi connectivity index (χ1v) is 12.9. The van der Waals surface area contributed by atoms with Gasteiger partial charge in [-0.1, -0.05) is 58.1 Å². The van der Waals surface area contributed by atoms with Crippen LogP contribution >= 0.6 is 0 Å². The van der Waals surface area contributed by atoms with E-state index in [1.165, 1.54) is 0 Å². The molecule has 0 amide bonds. The Morgan fingerprint density at radius 3 is 2.31 bits per heavy atom. The van der Waals surface area contributed by atoms with Gasteiger partial charge in [0.2, 0.25) is 0 Å². The van der Waals surface area contributed by atoms with E-state index in [1.807, 2.05) is 31.2 Å². The van der Waals surface area contributed by atoms with Crippen molar-refractivity contribution in [3.05, 3.63) is 47.9 Å². The second kappa shape index (κ2) is 11.9. The van der Waals surface area contributed by atoms with Gasteiger partial charge in [0, 0.05) is 6.42 Å². The first-order chi connectivity index (χ1) is 13.6. The third-order valence-electron chi connectivity index (χ3n) is 5.01. The van der Waals surface area contributed by atoms with Gasteiger partial charge in [-0.05, 0) is 35.8 Å². The Bertz CT molecular complexity index is 729. The predicted octanol–water partition coefficient (Wildman–Crippen LogP) is 5.70. The monoisotopic (exact) mass is 416 g/mol. The molecule has 0 bridgehead atoms. The number of methoxy groups -OCH3 is 1. The van der Waals surface area contributed by atoms with E-state index in [-0.39, 0.29) is 11.1 Å². The molecule has 0 radical (unpaired) electrons. The molecule has 0 aliphatic rings. The lowest BCUT2D eigenvalue weighted by molar-refractivity contribution is 0.0337. The van der Waals surface area contributed by atoms with Gasteiger partial charge in [0.15, 0.2) is 14.1 Å². The Hall–Kier alpha value is -1.96. The van der Waals surface area contributed by atoms with Crippen LogP contribution in [0.1, 0.15) is 39.7 Å². The third kappa shape index (κ3) is 8.51. The average molecular weight is 417 g/mol. The Balaban J connectivity index is 2.89. The smallest absolute Gasteiger partial charge is 0.193 e. The van der Waals surface area contributed by atoms with Crippen LogP contribution in [-0.2, 0) is 20.5 Å². The van der Waals surface area contributed by atoms with Crippen molar-refractivity contribution in [3.63, 3.8) is 0 Å². The minimum Gasteiger partial charge on any atom is -0.497 e. The molecule has 0 heterocycles. The quantitative estimate of drug-likeness (QED) is 0.161. The van der Waals surface area contributed by atoms with E-state index < -0.39 is 8.32 Å². The minimum absolute atomic E-state index is 0.0650. The zero-order valence-electron chi connectivity index (χ0n) is 19.1. The summed E-state index contributed by atoms with van der Waals surface area (Å²) in [7, 11) is -0.394. The summed E-state index contributed by atoms with van der Waals surface area (Å²) in [6, 6.07) is 7.77. The second-order valence-corrected chi connectivity index (χ2v) is 13.0. The highest BCUT2D eigenvalue weighted by Crippen LogP contribution is 2.38. The molecule has 0 spiro atoms. The minimum atomic E-state index is -2.04. The molecular formula is C24H36O4Si. The maximum absolute atomic E-state index is 6.57. The van der Waals surface area contributed by atoms with E-state index in [0.717, 1.165) is 17.7 Å². The van der Waals surface area contributed by atoms with Crippen molar-refractivity contribution in [2.75, 3.05) is 20.3 Å². The summed E-state index contributed by atoms with van der Waals surface area (Å²) in [6.07, 6.45) is 0.450. The molecule has 4 nitrogen and oxygen atoms in total. The Labute approximate surface area is 178 Å². The van der Waals surface area contributed by atoms with Gasteiger partial charge in [-0.15, -0.1) is 5.92 Å². The van der Waals surface area contributed by atoms with E-state index in [4.69, 9.17) is 18.6 Å². The molecule has 160 valence electrons. The SMILES string of the molecule is C=C=C(OCc1ccc(OC)cc1)C(COCC#CCC)O[Si](C)(C)C(C)(C)C. The van der Waals surface area contributed by atoms with E-state index >= 15 is 0 Å². The molecule has 0 aromatic heterocycles. The molecule has 1 aromatic carbocycles. The van der Waals surface area contributed by atoms with Gasteiger partial charge in [0.1, 0.15) is 25.1 Å². The van der Waals surface area contributed by atoms with Gasteiger partial charge in [-0.3, -0.25) is 0 Å². The Kier molecular flexibility index (Phi) is 10.3. The molecule has 5 heteroatoms. The fourth-order valence-electron chi connectivity index (χ4n) is 2.23. The van der Waals surface area contributed by atoms with Crippen LogP contribution in [0.2, 0.25) is 18.1 Å². The lowest BCUT2D eigenvalue weighted by Crippen LogP contribution is -2.45. The highest BCUT2D eigenvalue weighted by Gasteiger charge is 2.40. The lowest BCUT2D eigenvalue weighted by atomic mass is 10.2. The summed E-state index contributed by atoms with van der Waals surface area (Å²) < 4.78 is 23.6. The van der Waals surface area contributed by atoms with Crippen molar-refractivity contribution >= 4 is 8.32 Å².